The largest absolute Gasteiger partial charge is 0.494 e. The summed E-state index contributed by atoms with van der Waals surface area (Å²) in [5.41, 5.74) is 2.67. The fourth-order valence-electron chi connectivity index (χ4n) is 2.17. The Hall–Kier alpha value is -3.13. The zero-order chi connectivity index (χ0) is 17.4. The molecule has 0 aliphatic carbocycles. The van der Waals surface area contributed by atoms with E-state index in [4.69, 9.17) is 15.1 Å². The SMILES string of the molecule is N#Cc1ccc(-c2ccc(OCCCCC(=O)C(=O)O)cc2)cc1. The van der Waals surface area contributed by atoms with E-state index in [9.17, 15) is 9.59 Å². The van der Waals surface area contributed by atoms with Crippen molar-refractivity contribution >= 4 is 11.8 Å². The van der Waals surface area contributed by atoms with Gasteiger partial charge in [0.15, 0.2) is 0 Å². The summed E-state index contributed by atoms with van der Waals surface area (Å²) >= 11 is 0. The van der Waals surface area contributed by atoms with Crippen LogP contribution in [0.15, 0.2) is 48.5 Å². The molecule has 2 aromatic rings. The Morgan fingerprint density at radius 1 is 0.958 bits per heavy atom. The van der Waals surface area contributed by atoms with Crippen LogP contribution in [0.1, 0.15) is 24.8 Å². The predicted octanol–water partition coefficient (Wildman–Crippen LogP) is 3.43. The first-order valence-electron chi connectivity index (χ1n) is 7.59. The van der Waals surface area contributed by atoms with E-state index in [2.05, 4.69) is 6.07 Å². The smallest absolute Gasteiger partial charge is 0.372 e. The molecule has 2 rings (SSSR count). The van der Waals surface area contributed by atoms with E-state index in [0.29, 0.717) is 25.0 Å². The van der Waals surface area contributed by atoms with Gasteiger partial charge < -0.3 is 9.84 Å². The molecule has 0 aliphatic heterocycles. The van der Waals surface area contributed by atoms with Gasteiger partial charge in [0.2, 0.25) is 5.78 Å². The number of rotatable bonds is 8. The van der Waals surface area contributed by atoms with Crippen LogP contribution in [0.2, 0.25) is 0 Å². The van der Waals surface area contributed by atoms with Gasteiger partial charge in [0.05, 0.1) is 18.2 Å². The van der Waals surface area contributed by atoms with Gasteiger partial charge in [0.1, 0.15) is 5.75 Å². The summed E-state index contributed by atoms with van der Waals surface area (Å²) in [5.74, 6) is -1.42. The number of nitriles is 1. The molecule has 0 radical (unpaired) electrons. The molecule has 5 heteroatoms. The van der Waals surface area contributed by atoms with E-state index < -0.39 is 11.8 Å². The summed E-state index contributed by atoms with van der Waals surface area (Å²) in [6.07, 6.45) is 1.15. The number of ketones is 1. The Morgan fingerprint density at radius 3 is 2.08 bits per heavy atom. The molecule has 5 nitrogen and oxygen atoms in total. The van der Waals surface area contributed by atoms with Gasteiger partial charge in [-0.3, -0.25) is 4.79 Å². The Bertz CT molecular complexity index is 742. The van der Waals surface area contributed by atoms with Gasteiger partial charge >= 0.3 is 5.97 Å². The topological polar surface area (TPSA) is 87.4 Å². The normalized spacial score (nSPS) is 9.96. The maximum atomic E-state index is 10.9. The highest BCUT2D eigenvalue weighted by Gasteiger charge is 2.09. The first kappa shape index (κ1) is 17.2. The van der Waals surface area contributed by atoms with Gasteiger partial charge in [-0.25, -0.2) is 4.79 Å². The van der Waals surface area contributed by atoms with Crippen molar-refractivity contribution in [2.45, 2.75) is 19.3 Å². The molecule has 0 atom stereocenters. The van der Waals surface area contributed by atoms with Crippen molar-refractivity contribution < 1.29 is 19.4 Å². The monoisotopic (exact) mass is 323 g/mol. The van der Waals surface area contributed by atoms with Crippen LogP contribution < -0.4 is 4.74 Å². The maximum Gasteiger partial charge on any atom is 0.372 e. The first-order chi connectivity index (χ1) is 11.6. The van der Waals surface area contributed by atoms with Crippen molar-refractivity contribution in [3.8, 4) is 22.9 Å². The van der Waals surface area contributed by atoms with Gasteiger partial charge in [-0.1, -0.05) is 24.3 Å². The Morgan fingerprint density at radius 2 is 1.54 bits per heavy atom. The Labute approximate surface area is 140 Å². The number of nitrogens with zero attached hydrogens (tertiary/aromatic N) is 1. The van der Waals surface area contributed by atoms with E-state index in [-0.39, 0.29) is 6.42 Å². The molecule has 0 amide bonds. The molecule has 0 aromatic heterocycles. The molecule has 0 spiro atoms. The lowest BCUT2D eigenvalue weighted by Crippen LogP contribution is -2.12. The summed E-state index contributed by atoms with van der Waals surface area (Å²) in [7, 11) is 0. The third-order valence-corrected chi connectivity index (χ3v) is 3.51. The highest BCUT2D eigenvalue weighted by Crippen LogP contribution is 2.22. The number of Topliss-reactive ketones (excluding diaryl/α,β-unsaturated/α-hetero) is 1. The van der Waals surface area contributed by atoms with Crippen molar-refractivity contribution in [2.24, 2.45) is 0 Å². The number of carboxylic acids is 1. The zero-order valence-electron chi connectivity index (χ0n) is 13.1. The van der Waals surface area contributed by atoms with Crippen LogP contribution in [0.3, 0.4) is 0 Å². The van der Waals surface area contributed by atoms with Crippen molar-refractivity contribution in [3.63, 3.8) is 0 Å². The number of ether oxygens (including phenoxy) is 1. The summed E-state index contributed by atoms with van der Waals surface area (Å²) in [5, 5.41) is 17.3. The number of hydrogen-bond donors (Lipinski definition) is 1. The molecule has 1 N–H and O–H groups in total. The maximum absolute atomic E-state index is 10.9. The first-order valence-corrected chi connectivity index (χ1v) is 7.59. The van der Waals surface area contributed by atoms with Crippen molar-refractivity contribution in [1.82, 2.24) is 0 Å². The minimum atomic E-state index is -1.38. The van der Waals surface area contributed by atoms with Gasteiger partial charge in [0.25, 0.3) is 0 Å². The molecule has 0 bridgehead atoms. The fraction of sp³-hybridized carbons (Fsp3) is 0.211. The molecule has 0 aliphatic rings. The number of benzene rings is 2. The minimum absolute atomic E-state index is 0.0380. The highest BCUT2D eigenvalue weighted by molar-refractivity contribution is 6.32. The molecule has 122 valence electrons. The molecule has 24 heavy (non-hydrogen) atoms. The second-order valence-corrected chi connectivity index (χ2v) is 5.25. The Balaban J connectivity index is 1.80. The zero-order valence-corrected chi connectivity index (χ0v) is 13.1. The van der Waals surface area contributed by atoms with Crippen LogP contribution in [-0.2, 0) is 9.59 Å². The van der Waals surface area contributed by atoms with Crippen LogP contribution in [0.4, 0.5) is 0 Å². The van der Waals surface area contributed by atoms with Crippen LogP contribution in [0.5, 0.6) is 5.75 Å². The number of hydrogen-bond acceptors (Lipinski definition) is 4. The van der Waals surface area contributed by atoms with Gasteiger partial charge in [0, 0.05) is 6.42 Å². The molecule has 0 fully saturated rings. The number of unbranched alkanes of at least 4 members (excludes halogenated alkanes) is 1. The summed E-state index contributed by atoms with van der Waals surface area (Å²) in [6.45, 7) is 0.434. The van der Waals surface area contributed by atoms with E-state index in [1.807, 2.05) is 36.4 Å². The third kappa shape index (κ3) is 4.96. The standard InChI is InChI=1S/C19H17NO4/c20-13-14-4-6-15(7-5-14)16-8-10-17(11-9-16)24-12-2-1-3-18(21)19(22)23/h4-11H,1-3,12H2,(H,22,23). The second kappa shape index (κ2) is 8.49. The molecular formula is C19H17NO4. The minimum Gasteiger partial charge on any atom is -0.494 e. The lowest BCUT2D eigenvalue weighted by atomic mass is 10.0. The number of aliphatic carboxylic acids is 1. The number of carboxylic acid groups (broad SMARTS) is 1. The van der Waals surface area contributed by atoms with Crippen molar-refractivity contribution in [2.75, 3.05) is 6.61 Å². The molecule has 0 saturated carbocycles. The van der Waals surface area contributed by atoms with Crippen molar-refractivity contribution in [3.05, 3.63) is 54.1 Å². The fourth-order valence-corrected chi connectivity index (χ4v) is 2.17. The predicted molar refractivity (Wildman–Crippen MR) is 88.6 cm³/mol. The highest BCUT2D eigenvalue weighted by atomic mass is 16.5. The van der Waals surface area contributed by atoms with E-state index in [0.717, 1.165) is 16.9 Å². The molecule has 0 unspecified atom stereocenters. The van der Waals surface area contributed by atoms with E-state index in [1.165, 1.54) is 0 Å². The number of carbonyl (C=O) groups excluding carboxylic acids is 1. The van der Waals surface area contributed by atoms with Gasteiger partial charge in [-0.05, 0) is 48.2 Å². The van der Waals surface area contributed by atoms with E-state index >= 15 is 0 Å². The van der Waals surface area contributed by atoms with Crippen LogP contribution in [-0.4, -0.2) is 23.5 Å². The number of carbonyl (C=O) groups is 2. The lowest BCUT2D eigenvalue weighted by Gasteiger charge is -2.07. The average molecular weight is 323 g/mol. The van der Waals surface area contributed by atoms with Gasteiger partial charge in [-0.2, -0.15) is 5.26 Å². The van der Waals surface area contributed by atoms with Crippen LogP contribution >= 0.6 is 0 Å². The molecule has 2 aromatic carbocycles. The summed E-state index contributed by atoms with van der Waals surface area (Å²) in [6, 6.07) is 17.0. The lowest BCUT2D eigenvalue weighted by molar-refractivity contribution is -0.149. The van der Waals surface area contributed by atoms with Crippen LogP contribution in [0.25, 0.3) is 11.1 Å². The molecule has 0 heterocycles. The third-order valence-electron chi connectivity index (χ3n) is 3.51. The van der Waals surface area contributed by atoms with Crippen LogP contribution in [0, 0.1) is 11.3 Å². The Kier molecular flexibility index (Phi) is 6.09. The van der Waals surface area contributed by atoms with Gasteiger partial charge in [-0.15, -0.1) is 0 Å². The quantitative estimate of drug-likeness (QED) is 0.594. The molecule has 0 saturated heterocycles. The average Bonchev–Trinajstić information content (AvgIpc) is 2.62. The van der Waals surface area contributed by atoms with E-state index in [1.54, 1.807) is 12.1 Å². The second-order valence-electron chi connectivity index (χ2n) is 5.25. The van der Waals surface area contributed by atoms with Crippen molar-refractivity contribution in [1.29, 1.82) is 5.26 Å². The summed E-state index contributed by atoms with van der Waals surface area (Å²) in [4.78, 5) is 21.3. The molecular weight excluding hydrogens is 306 g/mol. The summed E-state index contributed by atoms with van der Waals surface area (Å²) < 4.78 is 5.57.